The summed E-state index contributed by atoms with van der Waals surface area (Å²) in [7, 11) is 3.25. The molecule has 3 heterocycles. The molecule has 7 rings (SSSR count). The number of hydrogen-bond donors (Lipinski definition) is 6. The second kappa shape index (κ2) is 22.6. The molecule has 19 heteroatoms. The van der Waals surface area contributed by atoms with Gasteiger partial charge in [0.25, 0.3) is 11.8 Å². The first-order valence-electron chi connectivity index (χ1n) is 23.5. The van der Waals surface area contributed by atoms with Crippen LogP contribution in [0.25, 0.3) is 10.4 Å². The maximum absolute atomic E-state index is 15.1. The molecule has 4 aromatic rings. The van der Waals surface area contributed by atoms with Crippen molar-refractivity contribution in [2.24, 2.45) is 11.8 Å². The first-order valence-corrected chi connectivity index (χ1v) is 25.7. The molecule has 15 nitrogen and oxygen atoms in total. The fourth-order valence-electron chi connectivity index (χ4n) is 8.84. The number of amides is 4. The highest BCUT2D eigenvalue weighted by Gasteiger charge is 2.54. The zero-order valence-corrected chi connectivity index (χ0v) is 42.1. The lowest BCUT2D eigenvalue weighted by molar-refractivity contribution is -0.143. The molecule has 1 saturated heterocycles. The van der Waals surface area contributed by atoms with Crippen LogP contribution in [0.3, 0.4) is 0 Å². The molecule has 2 aromatic heterocycles. The van der Waals surface area contributed by atoms with Gasteiger partial charge in [0, 0.05) is 37.0 Å². The first kappa shape index (κ1) is 50.8. The number of thiazole rings is 1. The Balaban J connectivity index is 0.856. The Kier molecular flexibility index (Phi) is 16.9. The van der Waals surface area contributed by atoms with Gasteiger partial charge in [-0.2, -0.15) is 16.7 Å². The number of halogens is 2. The molecule has 2 saturated carbocycles. The monoisotopic (exact) mass is 990 g/mol. The molecule has 2 aromatic carbocycles. The van der Waals surface area contributed by atoms with Gasteiger partial charge in [0.1, 0.15) is 28.7 Å². The minimum Gasteiger partial charge on any atom is -0.495 e. The molecule has 0 radical (unpaired) electrons. The standard InChI is InChI=1S/C49H64ClFN10O5S2/c1-29(33-13-15-34(16-14-33)40-30(2)56-28-67-40)57-44(63)38-8-7-23-61(38)45(64)41(59-46(65)49(51)19-20-49)48(3,4)68-27-32-11-9-31(10-12-32)25-53-21-22-54-43(62)35-17-18-37(39(24-35)66-6)58-47-55-26-36(50)42(52-5)60-47/h13-18,24,26,28-29,31-32,38,41,53H,7-12,19-23,25,27H2,1-6H3,(H,54,62)(H,57,63)(H,59,65)(H2,52,55,58,60)/t29-,31-,32+,38?,41+/m0/s1. The molecule has 3 atom stereocenters. The van der Waals surface area contributed by atoms with Crippen molar-refractivity contribution in [3.8, 4) is 16.2 Å². The third-order valence-electron chi connectivity index (χ3n) is 13.3. The number of nitrogens with zero attached hydrogens (tertiary/aromatic N) is 4. The molecule has 6 N–H and O–H groups in total. The van der Waals surface area contributed by atoms with Crippen molar-refractivity contribution < 1.29 is 28.3 Å². The van der Waals surface area contributed by atoms with Crippen LogP contribution < -0.4 is 36.6 Å². The number of rotatable bonds is 21. The third kappa shape index (κ3) is 12.6. The van der Waals surface area contributed by atoms with Crippen molar-refractivity contribution in [1.82, 2.24) is 41.1 Å². The molecule has 4 amide bonds. The van der Waals surface area contributed by atoms with Crippen LogP contribution in [0.2, 0.25) is 5.02 Å². The van der Waals surface area contributed by atoms with E-state index in [4.69, 9.17) is 16.3 Å². The largest absolute Gasteiger partial charge is 0.495 e. The van der Waals surface area contributed by atoms with Crippen molar-refractivity contribution in [1.29, 1.82) is 0 Å². The molecule has 366 valence electrons. The van der Waals surface area contributed by atoms with Crippen LogP contribution in [-0.2, 0) is 14.4 Å². The van der Waals surface area contributed by atoms with Crippen molar-refractivity contribution >= 4 is 75.8 Å². The minimum absolute atomic E-state index is 0.141. The lowest BCUT2D eigenvalue weighted by Gasteiger charge is -2.39. The van der Waals surface area contributed by atoms with E-state index in [-0.39, 0.29) is 36.6 Å². The summed E-state index contributed by atoms with van der Waals surface area (Å²) in [5.74, 6) is 1.43. The second-order valence-electron chi connectivity index (χ2n) is 18.6. The zero-order valence-electron chi connectivity index (χ0n) is 39.7. The smallest absolute Gasteiger partial charge is 0.258 e. The number of nitrogens with one attached hydrogen (secondary N) is 6. The molecule has 3 fully saturated rings. The summed E-state index contributed by atoms with van der Waals surface area (Å²) in [6.07, 6.45) is 7.08. The van der Waals surface area contributed by atoms with E-state index in [0.717, 1.165) is 59.7 Å². The van der Waals surface area contributed by atoms with E-state index in [1.54, 1.807) is 53.2 Å². The summed E-state index contributed by atoms with van der Waals surface area (Å²) < 4.78 is 19.9. The Morgan fingerprint density at radius 3 is 2.43 bits per heavy atom. The maximum Gasteiger partial charge on any atom is 0.258 e. The SMILES string of the molecule is CNc1nc(Nc2ccc(C(=O)NCCNC[C@H]3CC[C@@H](CSC(C)(C)[C@H](NC(=O)C4(F)CC4)C(=O)N4CCCC4C(=O)N[C@@H](C)c4ccc(-c5scnc5C)cc4)CC3)cc2OC)ncc1Cl. The van der Waals surface area contributed by atoms with Gasteiger partial charge in [-0.1, -0.05) is 35.9 Å². The van der Waals surface area contributed by atoms with Gasteiger partial charge in [-0.05, 0) is 133 Å². The number of ether oxygens (including phenoxy) is 1. The Morgan fingerprint density at radius 2 is 1.75 bits per heavy atom. The number of thioether (sulfide) groups is 1. The highest BCUT2D eigenvalue weighted by molar-refractivity contribution is 8.00. The quantitative estimate of drug-likeness (QED) is 0.0444. The predicted molar refractivity (Wildman–Crippen MR) is 269 cm³/mol. The van der Waals surface area contributed by atoms with Crippen LogP contribution in [-0.4, -0.2) is 112 Å². The number of anilines is 3. The van der Waals surface area contributed by atoms with Crippen LogP contribution in [0.5, 0.6) is 5.75 Å². The van der Waals surface area contributed by atoms with E-state index in [1.807, 2.05) is 57.5 Å². The molecular weight excluding hydrogens is 927 g/mol. The van der Waals surface area contributed by atoms with Crippen molar-refractivity contribution in [2.45, 2.75) is 108 Å². The van der Waals surface area contributed by atoms with E-state index in [0.29, 0.717) is 78.1 Å². The van der Waals surface area contributed by atoms with Crippen molar-refractivity contribution in [3.05, 3.63) is 76.0 Å². The number of carbonyl (C=O) groups excluding carboxylic acids is 4. The van der Waals surface area contributed by atoms with Gasteiger partial charge in [0.15, 0.2) is 5.67 Å². The van der Waals surface area contributed by atoms with Gasteiger partial charge in [0.2, 0.25) is 17.8 Å². The lowest BCUT2D eigenvalue weighted by Crippen LogP contribution is -2.61. The van der Waals surface area contributed by atoms with Gasteiger partial charge in [-0.3, -0.25) is 19.2 Å². The average Bonchev–Trinajstić information content (AvgIpc) is 3.66. The van der Waals surface area contributed by atoms with Gasteiger partial charge in [-0.15, -0.1) is 11.3 Å². The topological polar surface area (TPSA) is 192 Å². The van der Waals surface area contributed by atoms with Crippen LogP contribution in [0.4, 0.5) is 21.8 Å². The summed E-state index contributed by atoms with van der Waals surface area (Å²) in [5.41, 5.74) is 3.92. The highest BCUT2D eigenvalue weighted by Crippen LogP contribution is 2.42. The number of methoxy groups -OCH3 is 1. The molecule has 0 bridgehead atoms. The van der Waals surface area contributed by atoms with Crippen LogP contribution in [0.15, 0.2) is 54.2 Å². The van der Waals surface area contributed by atoms with Crippen LogP contribution in [0, 0.1) is 18.8 Å². The van der Waals surface area contributed by atoms with Crippen molar-refractivity contribution in [2.75, 3.05) is 56.7 Å². The van der Waals surface area contributed by atoms with E-state index in [2.05, 4.69) is 46.9 Å². The van der Waals surface area contributed by atoms with Gasteiger partial charge >= 0.3 is 0 Å². The lowest BCUT2D eigenvalue weighted by atomic mass is 9.83. The van der Waals surface area contributed by atoms with Crippen LogP contribution in [0.1, 0.15) is 99.8 Å². The number of aryl methyl sites for hydroxylation is 1. The number of carbonyl (C=O) groups is 4. The molecular formula is C49H64ClFN10O5S2. The summed E-state index contributed by atoms with van der Waals surface area (Å²) in [6, 6.07) is 11.2. The van der Waals surface area contributed by atoms with E-state index < -0.39 is 28.4 Å². The fraction of sp³-hybridized carbons (Fsp3) is 0.531. The fourth-order valence-corrected chi connectivity index (χ4v) is 11.2. The Labute approximate surface area is 411 Å². The van der Waals surface area contributed by atoms with Gasteiger partial charge < -0.3 is 41.5 Å². The molecule has 0 spiro atoms. The minimum atomic E-state index is -1.95. The number of benzene rings is 2. The predicted octanol–water partition coefficient (Wildman–Crippen LogP) is 7.85. The number of alkyl halides is 1. The Hall–Kier alpha value is -5.04. The van der Waals surface area contributed by atoms with Crippen LogP contribution >= 0.6 is 34.7 Å². The summed E-state index contributed by atoms with van der Waals surface area (Å²) in [4.78, 5) is 70.2. The number of aromatic nitrogens is 3. The van der Waals surface area contributed by atoms with E-state index >= 15 is 4.39 Å². The number of likely N-dealkylation sites (tertiary alicyclic amines) is 1. The zero-order chi connectivity index (χ0) is 48.6. The van der Waals surface area contributed by atoms with E-state index in [9.17, 15) is 19.2 Å². The van der Waals surface area contributed by atoms with Crippen molar-refractivity contribution in [3.63, 3.8) is 0 Å². The molecule has 68 heavy (non-hydrogen) atoms. The second-order valence-corrected chi connectivity index (χ2v) is 21.6. The highest BCUT2D eigenvalue weighted by atomic mass is 35.5. The summed E-state index contributed by atoms with van der Waals surface area (Å²) in [6.45, 7) is 10.1. The molecule has 1 aliphatic heterocycles. The molecule has 1 unspecified atom stereocenters. The third-order valence-corrected chi connectivity index (χ3v) is 16.2. The summed E-state index contributed by atoms with van der Waals surface area (Å²) in [5, 5.41) is 18.9. The van der Waals surface area contributed by atoms with Gasteiger partial charge in [-0.25, -0.2) is 14.4 Å². The maximum atomic E-state index is 15.1. The average molecular weight is 992 g/mol. The molecule has 3 aliphatic rings. The Bertz CT molecular complexity index is 2410. The number of hydrogen-bond acceptors (Lipinski definition) is 13. The molecule has 2 aliphatic carbocycles. The normalized spacial score (nSPS) is 19.6. The van der Waals surface area contributed by atoms with Gasteiger partial charge in [0.05, 0.1) is 41.1 Å². The Morgan fingerprint density at radius 1 is 1.01 bits per heavy atom. The summed E-state index contributed by atoms with van der Waals surface area (Å²) >= 11 is 9.33. The first-order chi connectivity index (χ1) is 32.6. The van der Waals surface area contributed by atoms with E-state index in [1.165, 1.54) is 13.3 Å².